The van der Waals surface area contributed by atoms with Crippen molar-refractivity contribution in [2.45, 2.75) is 161 Å². The van der Waals surface area contributed by atoms with E-state index in [-0.39, 0.29) is 38.1 Å². The molecule has 70 heavy (non-hydrogen) atoms. The standard InChI is InChI=1S/C46H77N11O13/c1-23(2)35(55-38(61)26(7)50-40(63)30(49)21-28-15-17-29(58)18-16-28)43(66)51-27(8)39(62)56-37(25(5)6)45(68)57-36(24(3)4)44(67)53-32(14-10-12-20-48)41(64)52-31(13-9-11-19-47)42(65)54-33(46(69)70)22-34(59)60/h15-18,23-27,30-33,35-37,58H,9-14,19-22,47-49H2,1-8H3,(H,50,63)(H,51,66)(H,52,64)(H,53,67)(H,54,65)(H,55,61)(H,56,62)(H,57,68)(H,59,60)(H,69,70)/t26-,27-,30-,31-,32-,33-,35-,36-,37-/m0/s1. The summed E-state index contributed by atoms with van der Waals surface area (Å²) in [6, 6.07) is -5.30. The van der Waals surface area contributed by atoms with E-state index in [1.54, 1.807) is 53.7 Å². The van der Waals surface area contributed by atoms with E-state index in [0.29, 0.717) is 31.2 Å². The van der Waals surface area contributed by atoms with Gasteiger partial charge in [-0.3, -0.25) is 43.2 Å². The predicted molar refractivity (Wildman–Crippen MR) is 257 cm³/mol. The van der Waals surface area contributed by atoms with Crippen molar-refractivity contribution in [3.05, 3.63) is 29.8 Å². The van der Waals surface area contributed by atoms with Gasteiger partial charge in [0.2, 0.25) is 47.3 Å². The molecular formula is C46H77N11O13. The summed E-state index contributed by atoms with van der Waals surface area (Å²) in [4.78, 5) is 131. The lowest BCUT2D eigenvalue weighted by molar-refractivity contribution is -0.147. The van der Waals surface area contributed by atoms with E-state index in [9.17, 15) is 58.2 Å². The van der Waals surface area contributed by atoms with E-state index < -0.39 is 138 Å². The van der Waals surface area contributed by atoms with Crippen LogP contribution in [0, 0.1) is 17.8 Å². The molecule has 0 saturated heterocycles. The first-order valence-electron chi connectivity index (χ1n) is 23.5. The number of phenolic OH excluding ortho intramolecular Hbond substituents is 1. The molecule has 394 valence electrons. The molecule has 17 N–H and O–H groups in total. The molecule has 1 rings (SSSR count). The van der Waals surface area contributed by atoms with Gasteiger partial charge < -0.3 is 75.1 Å². The van der Waals surface area contributed by atoms with E-state index in [1.807, 2.05) is 0 Å². The van der Waals surface area contributed by atoms with E-state index in [2.05, 4.69) is 42.5 Å². The third-order valence-corrected chi connectivity index (χ3v) is 11.1. The van der Waals surface area contributed by atoms with Crippen molar-refractivity contribution in [3.8, 4) is 5.75 Å². The molecule has 0 unspecified atom stereocenters. The zero-order valence-corrected chi connectivity index (χ0v) is 41.5. The molecule has 0 fully saturated rings. The van der Waals surface area contributed by atoms with Gasteiger partial charge in [0.1, 0.15) is 54.1 Å². The van der Waals surface area contributed by atoms with Gasteiger partial charge in [-0.05, 0) is 107 Å². The summed E-state index contributed by atoms with van der Waals surface area (Å²) in [5.41, 5.74) is 18.0. The quantitative estimate of drug-likeness (QED) is 0.0346. The molecular weight excluding hydrogens is 915 g/mol. The number of unbranched alkanes of at least 4 members (excludes halogenated alkanes) is 2. The van der Waals surface area contributed by atoms with Crippen LogP contribution in [0.25, 0.3) is 0 Å². The highest BCUT2D eigenvalue weighted by atomic mass is 16.4. The minimum atomic E-state index is -1.79. The van der Waals surface area contributed by atoms with Crippen molar-refractivity contribution in [3.63, 3.8) is 0 Å². The van der Waals surface area contributed by atoms with Crippen LogP contribution in [0.15, 0.2) is 24.3 Å². The van der Waals surface area contributed by atoms with Gasteiger partial charge in [-0.1, -0.05) is 53.7 Å². The number of nitrogens with one attached hydrogen (secondary N) is 8. The number of carboxylic acids is 2. The summed E-state index contributed by atoms with van der Waals surface area (Å²) >= 11 is 0. The average molecular weight is 992 g/mol. The van der Waals surface area contributed by atoms with Crippen molar-refractivity contribution in [1.82, 2.24) is 42.5 Å². The minimum Gasteiger partial charge on any atom is -0.508 e. The number of aliphatic carboxylic acids is 2. The highest BCUT2D eigenvalue weighted by Crippen LogP contribution is 2.13. The third kappa shape index (κ3) is 21.9. The van der Waals surface area contributed by atoms with Crippen LogP contribution in [0.5, 0.6) is 5.75 Å². The summed E-state index contributed by atoms with van der Waals surface area (Å²) in [6.45, 7) is 13.2. The Morgan fingerprint density at radius 2 is 0.829 bits per heavy atom. The number of carbonyl (C=O) groups is 10. The normalized spacial score (nSPS) is 15.1. The zero-order valence-electron chi connectivity index (χ0n) is 41.5. The topological polar surface area (TPSA) is 406 Å². The number of benzene rings is 1. The summed E-state index contributed by atoms with van der Waals surface area (Å²) < 4.78 is 0. The summed E-state index contributed by atoms with van der Waals surface area (Å²) in [7, 11) is 0. The van der Waals surface area contributed by atoms with Gasteiger partial charge in [-0.15, -0.1) is 0 Å². The Bertz CT molecular complexity index is 1930. The Morgan fingerprint density at radius 3 is 1.21 bits per heavy atom. The molecule has 9 atom stereocenters. The number of phenols is 1. The molecule has 0 heterocycles. The highest BCUT2D eigenvalue weighted by molar-refractivity contribution is 5.98. The van der Waals surface area contributed by atoms with Gasteiger partial charge in [-0.2, -0.15) is 0 Å². The number of nitrogens with two attached hydrogens (primary N) is 3. The van der Waals surface area contributed by atoms with Gasteiger partial charge in [0.05, 0.1) is 12.5 Å². The molecule has 0 aliphatic heterocycles. The van der Waals surface area contributed by atoms with Gasteiger partial charge >= 0.3 is 11.9 Å². The first-order chi connectivity index (χ1) is 32.7. The Labute approximate surface area is 408 Å². The molecule has 0 aliphatic carbocycles. The Kier molecular flexibility index (Phi) is 27.2. The molecule has 24 heteroatoms. The lowest BCUT2D eigenvalue weighted by atomic mass is 9.98. The van der Waals surface area contributed by atoms with Crippen LogP contribution >= 0.6 is 0 Å². The third-order valence-electron chi connectivity index (χ3n) is 11.1. The molecule has 1 aromatic carbocycles. The van der Waals surface area contributed by atoms with Crippen molar-refractivity contribution in [2.75, 3.05) is 13.1 Å². The molecule has 24 nitrogen and oxygen atoms in total. The van der Waals surface area contributed by atoms with E-state index in [0.717, 1.165) is 0 Å². The second kappa shape index (κ2) is 31.0. The molecule has 0 aromatic heterocycles. The Morgan fingerprint density at radius 1 is 0.471 bits per heavy atom. The molecule has 1 aromatic rings. The predicted octanol–water partition coefficient (Wildman–Crippen LogP) is -2.03. The molecule has 0 saturated carbocycles. The minimum absolute atomic E-state index is 0.00314. The van der Waals surface area contributed by atoms with Crippen LogP contribution < -0.4 is 59.7 Å². The number of aromatic hydroxyl groups is 1. The fraction of sp³-hybridized carbons (Fsp3) is 0.652. The van der Waals surface area contributed by atoms with Crippen molar-refractivity contribution in [2.24, 2.45) is 35.0 Å². The smallest absolute Gasteiger partial charge is 0.326 e. The summed E-state index contributed by atoms with van der Waals surface area (Å²) in [5, 5.41) is 48.4. The Balaban J connectivity index is 3.12. The van der Waals surface area contributed by atoms with Crippen LogP contribution in [0.3, 0.4) is 0 Å². The molecule has 0 spiro atoms. The van der Waals surface area contributed by atoms with Gasteiger partial charge in [0.15, 0.2) is 0 Å². The SMILES string of the molecule is CC(C)[C@H](NC(=O)[C@H](C)NC(=O)[C@@H](N)Cc1ccc(O)cc1)C(=O)N[C@@H](C)C(=O)N[C@H](C(=O)N[C@H](C(=O)N[C@@H](CCCCN)C(=O)N[C@@H](CCCCN)C(=O)N[C@@H](CC(=O)O)C(=O)O)C(C)C)C(C)C. The van der Waals surface area contributed by atoms with Gasteiger partial charge in [0.25, 0.3) is 0 Å². The van der Waals surface area contributed by atoms with Crippen molar-refractivity contribution in [1.29, 1.82) is 0 Å². The van der Waals surface area contributed by atoms with Gasteiger partial charge in [-0.25, -0.2) is 4.79 Å². The number of carbonyl (C=O) groups excluding carboxylic acids is 8. The van der Waals surface area contributed by atoms with E-state index in [4.69, 9.17) is 22.3 Å². The largest absolute Gasteiger partial charge is 0.508 e. The van der Waals surface area contributed by atoms with E-state index >= 15 is 0 Å². The average Bonchev–Trinajstić information content (AvgIpc) is 3.27. The number of carboxylic acid groups (broad SMARTS) is 2. The van der Waals surface area contributed by atoms with E-state index in [1.165, 1.54) is 26.0 Å². The Hall–Kier alpha value is -6.40. The maximum absolute atomic E-state index is 13.9. The van der Waals surface area contributed by atoms with Gasteiger partial charge in [0, 0.05) is 0 Å². The number of rotatable bonds is 32. The second-order valence-corrected chi connectivity index (χ2v) is 18.3. The first kappa shape index (κ1) is 61.6. The molecule has 0 aliphatic rings. The van der Waals surface area contributed by atoms with Crippen molar-refractivity contribution < 1.29 is 63.3 Å². The second-order valence-electron chi connectivity index (χ2n) is 18.3. The van der Waals surface area contributed by atoms with Crippen LogP contribution in [-0.2, 0) is 54.4 Å². The molecule has 8 amide bonds. The fourth-order valence-corrected chi connectivity index (χ4v) is 6.84. The zero-order chi connectivity index (χ0) is 53.4. The molecule has 0 radical (unpaired) electrons. The number of hydrogen-bond donors (Lipinski definition) is 14. The summed E-state index contributed by atoms with van der Waals surface area (Å²) in [5.74, 6) is -10.8. The fourth-order valence-electron chi connectivity index (χ4n) is 6.84. The van der Waals surface area contributed by atoms with Crippen LogP contribution in [0.2, 0.25) is 0 Å². The first-order valence-corrected chi connectivity index (χ1v) is 23.5. The van der Waals surface area contributed by atoms with Crippen LogP contribution in [-0.4, -0.2) is 142 Å². The number of hydrogen-bond acceptors (Lipinski definition) is 14. The highest BCUT2D eigenvalue weighted by Gasteiger charge is 2.36. The summed E-state index contributed by atoms with van der Waals surface area (Å²) in [6.07, 6.45) is 0.842. The van der Waals surface area contributed by atoms with Crippen LogP contribution in [0.1, 0.15) is 106 Å². The van der Waals surface area contributed by atoms with Crippen LogP contribution in [0.4, 0.5) is 0 Å². The lowest BCUT2D eigenvalue weighted by Crippen LogP contribution is -2.61. The maximum Gasteiger partial charge on any atom is 0.326 e. The molecule has 0 bridgehead atoms. The van der Waals surface area contributed by atoms with Crippen molar-refractivity contribution >= 4 is 59.2 Å². The number of amides is 8. The monoisotopic (exact) mass is 992 g/mol. The maximum atomic E-state index is 13.9. The lowest BCUT2D eigenvalue weighted by Gasteiger charge is -2.30.